The number of unbranched alkanes of at least 4 members (excludes halogenated alkanes) is 1. The van der Waals surface area contributed by atoms with Crippen LogP contribution < -0.4 is 4.90 Å². The van der Waals surface area contributed by atoms with Gasteiger partial charge in [-0.25, -0.2) is 0 Å². The summed E-state index contributed by atoms with van der Waals surface area (Å²) in [4.78, 5) is 2.50. The second-order valence-corrected chi connectivity index (χ2v) is 18.1. The van der Waals surface area contributed by atoms with Crippen LogP contribution in [0.3, 0.4) is 0 Å². The second-order valence-electron chi connectivity index (χ2n) is 17.1. The molecule has 11 rings (SSSR count). The van der Waals surface area contributed by atoms with Gasteiger partial charge in [-0.05, 0) is 118 Å². The number of anilines is 2. The van der Waals surface area contributed by atoms with Gasteiger partial charge in [-0.1, -0.05) is 190 Å². The molecule has 0 radical (unpaired) electrons. The molecule has 304 valence electrons. The molecule has 0 bridgehead atoms. The third-order valence-electron chi connectivity index (χ3n) is 13.5. The van der Waals surface area contributed by atoms with Crippen LogP contribution in [0.5, 0.6) is 0 Å². The zero-order valence-electron chi connectivity index (χ0n) is 35.9. The number of hydrogen-bond donors (Lipinski definition) is 0. The molecule has 0 amide bonds. The Hall–Kier alpha value is -6.92. The highest BCUT2D eigenvalue weighted by Crippen LogP contribution is 2.60. The number of allylic oxidation sites excluding steroid dienone is 5. The van der Waals surface area contributed by atoms with E-state index in [2.05, 4.69) is 219 Å². The SMILES string of the molecule is CC/C=C(\CCCC)C1C=CC(N(c2ccc(-c3cccc4ccccc34)cc2)c2ccc3c(c2)C(c2ccccc2)(c2ccccc2)c2ccc4c(sc5ccc#cc54)c2-3)=CC1. The molecule has 0 saturated carbocycles. The van der Waals surface area contributed by atoms with Crippen molar-refractivity contribution in [1.82, 2.24) is 0 Å². The molecule has 1 unspecified atom stereocenters. The fraction of sp³-hybridized carbons (Fsp3) is 0.148. The van der Waals surface area contributed by atoms with Crippen LogP contribution in [-0.2, 0) is 5.41 Å². The lowest BCUT2D eigenvalue weighted by atomic mass is 9.67. The molecule has 0 saturated heterocycles. The maximum Gasteiger partial charge on any atom is 0.0714 e. The molecular formula is C61H49NS. The minimum Gasteiger partial charge on any atom is -0.311 e. The van der Waals surface area contributed by atoms with Gasteiger partial charge in [0.2, 0.25) is 0 Å². The van der Waals surface area contributed by atoms with E-state index in [9.17, 15) is 0 Å². The van der Waals surface area contributed by atoms with Crippen LogP contribution in [0.4, 0.5) is 11.4 Å². The lowest BCUT2D eigenvalue weighted by Crippen LogP contribution is -2.29. The number of thiophene rings is 1. The first kappa shape index (κ1) is 39.0. The van der Waals surface area contributed by atoms with Crippen LogP contribution in [0.15, 0.2) is 205 Å². The number of fused-ring (bicyclic) bond motifs is 8. The molecule has 1 atom stereocenters. The van der Waals surface area contributed by atoms with Crippen LogP contribution in [0.1, 0.15) is 68.2 Å². The first-order chi connectivity index (χ1) is 31.2. The van der Waals surface area contributed by atoms with E-state index in [1.165, 1.54) is 88.6 Å². The van der Waals surface area contributed by atoms with Gasteiger partial charge in [-0.15, -0.1) is 11.3 Å². The third kappa shape index (κ3) is 6.54. The van der Waals surface area contributed by atoms with Crippen molar-refractivity contribution in [2.45, 2.75) is 51.4 Å². The Morgan fingerprint density at radius 2 is 1.46 bits per heavy atom. The molecule has 1 aromatic heterocycles. The summed E-state index contributed by atoms with van der Waals surface area (Å²) in [6.45, 7) is 4.56. The van der Waals surface area contributed by atoms with Gasteiger partial charge in [-0.2, -0.15) is 0 Å². The smallest absolute Gasteiger partial charge is 0.0714 e. The van der Waals surface area contributed by atoms with Gasteiger partial charge in [0.1, 0.15) is 0 Å². The Bertz CT molecular complexity index is 3170. The van der Waals surface area contributed by atoms with Crippen molar-refractivity contribution in [3.8, 4) is 22.3 Å². The van der Waals surface area contributed by atoms with E-state index in [4.69, 9.17) is 0 Å². The summed E-state index contributed by atoms with van der Waals surface area (Å²) in [7, 11) is 0. The quantitative estimate of drug-likeness (QED) is 0.117. The molecule has 0 fully saturated rings. The Morgan fingerprint density at radius 3 is 2.21 bits per heavy atom. The zero-order chi connectivity index (χ0) is 42.3. The van der Waals surface area contributed by atoms with E-state index in [1.54, 1.807) is 5.57 Å². The van der Waals surface area contributed by atoms with Gasteiger partial charge >= 0.3 is 0 Å². The molecule has 8 aromatic carbocycles. The van der Waals surface area contributed by atoms with Crippen molar-refractivity contribution in [2.24, 2.45) is 5.92 Å². The molecule has 0 spiro atoms. The van der Waals surface area contributed by atoms with Crippen molar-refractivity contribution in [3.63, 3.8) is 0 Å². The van der Waals surface area contributed by atoms with Crippen molar-refractivity contribution in [1.29, 1.82) is 0 Å². The molecule has 2 aliphatic rings. The van der Waals surface area contributed by atoms with E-state index in [-0.39, 0.29) is 0 Å². The van der Waals surface area contributed by atoms with Gasteiger partial charge in [0.15, 0.2) is 0 Å². The van der Waals surface area contributed by atoms with Gasteiger partial charge in [0, 0.05) is 43.3 Å². The van der Waals surface area contributed by atoms with Gasteiger partial charge in [0.25, 0.3) is 0 Å². The minimum atomic E-state index is -0.547. The lowest BCUT2D eigenvalue weighted by Gasteiger charge is -2.35. The summed E-state index contributed by atoms with van der Waals surface area (Å²) >= 11 is 1.88. The monoisotopic (exact) mass is 827 g/mol. The predicted molar refractivity (Wildman–Crippen MR) is 269 cm³/mol. The summed E-state index contributed by atoms with van der Waals surface area (Å²) in [5.41, 5.74) is 14.8. The van der Waals surface area contributed by atoms with Crippen LogP contribution in [0, 0.1) is 18.1 Å². The molecule has 1 heterocycles. The van der Waals surface area contributed by atoms with Crippen LogP contribution in [0.25, 0.3) is 53.2 Å². The highest BCUT2D eigenvalue weighted by Gasteiger charge is 2.47. The normalized spacial score (nSPS) is 15.3. The van der Waals surface area contributed by atoms with Crippen molar-refractivity contribution < 1.29 is 0 Å². The van der Waals surface area contributed by atoms with Crippen molar-refractivity contribution in [2.75, 3.05) is 4.90 Å². The molecule has 0 aliphatic heterocycles. The van der Waals surface area contributed by atoms with Crippen molar-refractivity contribution >= 4 is 53.7 Å². The third-order valence-corrected chi connectivity index (χ3v) is 14.7. The average molecular weight is 828 g/mol. The maximum absolute atomic E-state index is 3.46. The molecule has 2 aliphatic carbocycles. The topological polar surface area (TPSA) is 3.24 Å². The number of rotatable bonds is 11. The number of benzene rings is 7. The summed E-state index contributed by atoms with van der Waals surface area (Å²) in [5, 5.41) is 4.92. The van der Waals surface area contributed by atoms with E-state index in [0.29, 0.717) is 5.92 Å². The number of nitrogens with zero attached hydrogens (tertiary/aromatic N) is 1. The lowest BCUT2D eigenvalue weighted by molar-refractivity contribution is 0.668. The molecule has 2 heteroatoms. The Morgan fingerprint density at radius 1 is 0.714 bits per heavy atom. The standard InChI is InChI=1S/C61H49NS/c1-3-5-18-42(17-4-2)43-29-33-48(34-30-43)62(49-35-31-45(32-36-49)52-27-16-20-44-19-12-13-25-51(44)52)50-37-38-55-57(41-50)61(46-21-8-6-9-22-46,47-23-10-7-11-24-47)56-40-39-54-53-26-14-15-28-58(53)63-60(54)59(55)56/h6-13,15-17,19-25,27-29,31-41,43H,3-5,18,30H2,1-2H3/b42-17+. The predicted octanol–water partition coefficient (Wildman–Crippen LogP) is 17.0. The van der Waals surface area contributed by atoms with Gasteiger partial charge in [0.05, 0.1) is 10.8 Å². The fourth-order valence-electron chi connectivity index (χ4n) is 10.6. The Kier molecular flexibility index (Phi) is 10.1. The maximum atomic E-state index is 3.46. The fourth-order valence-corrected chi connectivity index (χ4v) is 11.8. The van der Waals surface area contributed by atoms with Gasteiger partial charge in [-0.3, -0.25) is 0 Å². The minimum absolute atomic E-state index is 0.424. The van der Waals surface area contributed by atoms with Crippen LogP contribution in [-0.4, -0.2) is 0 Å². The first-order valence-electron chi connectivity index (χ1n) is 22.7. The van der Waals surface area contributed by atoms with Crippen LogP contribution >= 0.6 is 11.3 Å². The Balaban J connectivity index is 1.12. The summed E-state index contributed by atoms with van der Waals surface area (Å²) < 4.78 is 2.55. The first-order valence-corrected chi connectivity index (χ1v) is 23.5. The largest absolute Gasteiger partial charge is 0.311 e. The summed E-state index contributed by atoms with van der Waals surface area (Å²) in [6, 6.07) is 69.9. The van der Waals surface area contributed by atoms with Crippen LogP contribution in [0.2, 0.25) is 0 Å². The summed E-state index contributed by atoms with van der Waals surface area (Å²) in [6.07, 6.45) is 15.5. The molecule has 0 N–H and O–H groups in total. The highest BCUT2D eigenvalue weighted by molar-refractivity contribution is 7.26. The van der Waals surface area contributed by atoms with E-state index < -0.39 is 5.41 Å². The molecule has 9 aromatic rings. The number of hydrogen-bond acceptors (Lipinski definition) is 2. The van der Waals surface area contributed by atoms with Crippen molar-refractivity contribution in [3.05, 3.63) is 240 Å². The molecular weight excluding hydrogens is 779 g/mol. The zero-order valence-corrected chi connectivity index (χ0v) is 36.8. The van der Waals surface area contributed by atoms with E-state index in [0.717, 1.165) is 36.0 Å². The van der Waals surface area contributed by atoms with Gasteiger partial charge < -0.3 is 4.90 Å². The molecule has 63 heavy (non-hydrogen) atoms. The van der Waals surface area contributed by atoms with E-state index >= 15 is 0 Å². The summed E-state index contributed by atoms with van der Waals surface area (Å²) in [5.74, 6) is 0.424. The average Bonchev–Trinajstić information content (AvgIpc) is 3.88. The van der Waals surface area contributed by atoms with E-state index in [1.807, 2.05) is 17.4 Å². The highest BCUT2D eigenvalue weighted by atomic mass is 32.1. The Labute approximate surface area is 376 Å². The second kappa shape index (κ2) is 16.4. The molecule has 1 nitrogen and oxygen atoms in total.